The van der Waals surface area contributed by atoms with Gasteiger partial charge in [0.25, 0.3) is 10.0 Å². The maximum atomic E-state index is 13.6. The number of benzene rings is 3. The normalized spacial score (nSPS) is 16.4. The summed E-state index contributed by atoms with van der Waals surface area (Å²) in [5.41, 5.74) is 4.26. The SMILES string of the molecule is CCS(=O)(=O)Nc1ccccc1C1=NN(S(=O)(=O)c2ccc(C)cc2)[C@H](c2ccc(C)cc2)C1. The number of hydrazone groups is 1. The highest BCUT2D eigenvalue weighted by atomic mass is 32.2. The van der Waals surface area contributed by atoms with Crippen LogP contribution in [0.15, 0.2) is 82.8 Å². The molecule has 7 nitrogen and oxygen atoms in total. The number of sulfonamides is 2. The Labute approximate surface area is 201 Å². The molecule has 1 aliphatic rings. The summed E-state index contributed by atoms with van der Waals surface area (Å²) in [6.07, 6.45) is 0.305. The minimum absolute atomic E-state index is 0.0757. The molecule has 0 bridgehead atoms. The van der Waals surface area contributed by atoms with Gasteiger partial charge in [-0.15, -0.1) is 0 Å². The van der Waals surface area contributed by atoms with Gasteiger partial charge in [-0.3, -0.25) is 4.72 Å². The number of rotatable bonds is 7. The summed E-state index contributed by atoms with van der Waals surface area (Å²) in [5, 5.41) is 4.55. The smallest absolute Gasteiger partial charge is 0.279 e. The van der Waals surface area contributed by atoms with Gasteiger partial charge < -0.3 is 0 Å². The van der Waals surface area contributed by atoms with Crippen molar-refractivity contribution in [3.8, 4) is 0 Å². The molecule has 1 aliphatic heterocycles. The number of nitrogens with one attached hydrogen (secondary N) is 1. The molecule has 9 heteroatoms. The number of aryl methyl sites for hydroxylation is 2. The molecule has 1 heterocycles. The largest absolute Gasteiger partial charge is 0.283 e. The number of nitrogens with zero attached hydrogens (tertiary/aromatic N) is 2. The lowest BCUT2D eigenvalue weighted by atomic mass is 9.98. The number of anilines is 1. The van der Waals surface area contributed by atoms with Gasteiger partial charge in [-0.2, -0.15) is 17.9 Å². The second kappa shape index (κ2) is 9.23. The summed E-state index contributed by atoms with van der Waals surface area (Å²) in [6, 6.07) is 20.7. The fourth-order valence-electron chi connectivity index (χ4n) is 3.79. The molecule has 178 valence electrons. The fourth-order valence-corrected chi connectivity index (χ4v) is 5.88. The van der Waals surface area contributed by atoms with Crippen LogP contribution in [-0.4, -0.2) is 32.7 Å². The topological polar surface area (TPSA) is 95.9 Å². The van der Waals surface area contributed by atoms with Crippen LogP contribution < -0.4 is 4.72 Å². The first-order valence-electron chi connectivity index (χ1n) is 11.0. The first-order chi connectivity index (χ1) is 16.1. The summed E-state index contributed by atoms with van der Waals surface area (Å²) >= 11 is 0. The Balaban J connectivity index is 1.82. The molecule has 3 aromatic rings. The van der Waals surface area contributed by atoms with E-state index >= 15 is 0 Å². The number of hydrogen-bond acceptors (Lipinski definition) is 5. The van der Waals surface area contributed by atoms with E-state index in [-0.39, 0.29) is 10.6 Å². The van der Waals surface area contributed by atoms with Gasteiger partial charge >= 0.3 is 0 Å². The Bertz CT molecular complexity index is 1430. The zero-order valence-corrected chi connectivity index (χ0v) is 20.9. The molecule has 1 atom stereocenters. The van der Waals surface area contributed by atoms with Crippen molar-refractivity contribution in [3.05, 3.63) is 95.1 Å². The molecule has 0 radical (unpaired) electrons. The lowest BCUT2D eigenvalue weighted by Crippen LogP contribution is -2.27. The Morgan fingerprint density at radius 2 is 1.47 bits per heavy atom. The quantitative estimate of drug-likeness (QED) is 0.516. The Kier molecular flexibility index (Phi) is 6.51. The van der Waals surface area contributed by atoms with E-state index in [1.165, 1.54) is 0 Å². The zero-order valence-electron chi connectivity index (χ0n) is 19.3. The van der Waals surface area contributed by atoms with E-state index in [4.69, 9.17) is 0 Å². The van der Waals surface area contributed by atoms with Gasteiger partial charge in [-0.05, 0) is 44.5 Å². The molecule has 0 saturated carbocycles. The molecule has 0 aliphatic carbocycles. The summed E-state index contributed by atoms with van der Waals surface area (Å²) < 4.78 is 55.5. The molecule has 0 unspecified atom stereocenters. The van der Waals surface area contributed by atoms with Crippen LogP contribution in [0.25, 0.3) is 0 Å². The van der Waals surface area contributed by atoms with E-state index in [0.717, 1.165) is 21.1 Å². The third-order valence-electron chi connectivity index (χ3n) is 5.78. The van der Waals surface area contributed by atoms with Gasteiger partial charge in [0.1, 0.15) is 0 Å². The molecule has 4 rings (SSSR count). The average molecular weight is 498 g/mol. The van der Waals surface area contributed by atoms with Gasteiger partial charge in [0.15, 0.2) is 0 Å². The molecular formula is C25H27N3O4S2. The summed E-state index contributed by atoms with van der Waals surface area (Å²) in [4.78, 5) is 0.153. The van der Waals surface area contributed by atoms with Crippen LogP contribution in [-0.2, 0) is 20.0 Å². The second-order valence-electron chi connectivity index (χ2n) is 8.32. The lowest BCUT2D eigenvalue weighted by molar-refractivity contribution is 0.371. The highest BCUT2D eigenvalue weighted by molar-refractivity contribution is 7.92. The predicted octanol–water partition coefficient (Wildman–Crippen LogP) is 4.61. The third kappa shape index (κ3) is 4.85. The highest BCUT2D eigenvalue weighted by Gasteiger charge is 2.38. The van der Waals surface area contributed by atoms with Crippen LogP contribution in [0, 0.1) is 13.8 Å². The molecule has 0 amide bonds. The van der Waals surface area contributed by atoms with E-state index in [9.17, 15) is 16.8 Å². The summed E-state index contributed by atoms with van der Waals surface area (Å²) in [6.45, 7) is 5.42. The molecule has 1 N–H and O–H groups in total. The van der Waals surface area contributed by atoms with E-state index in [2.05, 4.69) is 9.82 Å². The van der Waals surface area contributed by atoms with Crippen LogP contribution in [0.3, 0.4) is 0 Å². The standard InChI is InChI=1S/C25H27N3O4S2/c1-4-33(29,30)27-23-8-6-5-7-22(23)24-17-25(20-13-9-18(2)10-14-20)28(26-24)34(31,32)21-15-11-19(3)12-16-21/h5-16,25,27H,4,17H2,1-3H3/t25-/m0/s1. The molecule has 0 fully saturated rings. The third-order valence-corrected chi connectivity index (χ3v) is 8.77. The minimum atomic E-state index is -3.95. The molecule has 0 spiro atoms. The Morgan fingerprint density at radius 3 is 2.09 bits per heavy atom. The molecular weight excluding hydrogens is 470 g/mol. The monoisotopic (exact) mass is 497 g/mol. The van der Waals surface area contributed by atoms with E-state index in [1.807, 2.05) is 38.1 Å². The van der Waals surface area contributed by atoms with Crippen molar-refractivity contribution in [1.29, 1.82) is 0 Å². The van der Waals surface area contributed by atoms with Gasteiger partial charge in [0.05, 0.1) is 28.1 Å². The van der Waals surface area contributed by atoms with E-state index in [1.54, 1.807) is 55.5 Å². The Morgan fingerprint density at radius 1 is 0.882 bits per heavy atom. The highest BCUT2D eigenvalue weighted by Crippen LogP contribution is 2.38. The van der Waals surface area contributed by atoms with Crippen LogP contribution in [0.2, 0.25) is 0 Å². The van der Waals surface area contributed by atoms with Crippen molar-refractivity contribution >= 4 is 31.4 Å². The second-order valence-corrected chi connectivity index (χ2v) is 12.1. The van der Waals surface area contributed by atoms with Crippen molar-refractivity contribution in [3.63, 3.8) is 0 Å². The first kappa shape index (κ1) is 24.0. The van der Waals surface area contributed by atoms with Crippen LogP contribution >= 0.6 is 0 Å². The van der Waals surface area contributed by atoms with Crippen LogP contribution in [0.4, 0.5) is 5.69 Å². The maximum absolute atomic E-state index is 13.6. The number of hydrogen-bond donors (Lipinski definition) is 1. The first-order valence-corrected chi connectivity index (χ1v) is 14.0. The summed E-state index contributed by atoms with van der Waals surface area (Å²) in [5.74, 6) is -0.0757. The van der Waals surface area contributed by atoms with Gasteiger partial charge in [0, 0.05) is 12.0 Å². The minimum Gasteiger partial charge on any atom is -0.283 e. The Hall–Kier alpha value is -3.17. The predicted molar refractivity (Wildman–Crippen MR) is 135 cm³/mol. The van der Waals surface area contributed by atoms with Gasteiger partial charge in [-0.1, -0.05) is 65.7 Å². The van der Waals surface area contributed by atoms with E-state index < -0.39 is 26.1 Å². The van der Waals surface area contributed by atoms with Gasteiger partial charge in [0.2, 0.25) is 10.0 Å². The zero-order chi connectivity index (χ0) is 24.5. The van der Waals surface area contributed by atoms with Gasteiger partial charge in [-0.25, -0.2) is 8.42 Å². The maximum Gasteiger partial charge on any atom is 0.279 e. The summed E-state index contributed by atoms with van der Waals surface area (Å²) in [7, 11) is -7.47. The van der Waals surface area contributed by atoms with Crippen LogP contribution in [0.1, 0.15) is 41.6 Å². The van der Waals surface area contributed by atoms with Crippen molar-refractivity contribution in [1.82, 2.24) is 4.41 Å². The molecule has 3 aromatic carbocycles. The lowest BCUT2D eigenvalue weighted by Gasteiger charge is -2.23. The van der Waals surface area contributed by atoms with Crippen molar-refractivity contribution in [2.75, 3.05) is 10.5 Å². The average Bonchev–Trinajstić information content (AvgIpc) is 3.26. The molecule has 0 saturated heterocycles. The fraction of sp³-hybridized carbons (Fsp3) is 0.240. The van der Waals surface area contributed by atoms with Crippen molar-refractivity contribution in [2.45, 2.75) is 38.1 Å². The molecule has 34 heavy (non-hydrogen) atoms. The molecule has 0 aromatic heterocycles. The number of para-hydroxylation sites is 1. The van der Waals surface area contributed by atoms with Crippen molar-refractivity contribution in [2.24, 2.45) is 5.10 Å². The van der Waals surface area contributed by atoms with Crippen LogP contribution in [0.5, 0.6) is 0 Å². The van der Waals surface area contributed by atoms with Crippen molar-refractivity contribution < 1.29 is 16.8 Å². The van der Waals surface area contributed by atoms with E-state index in [0.29, 0.717) is 23.4 Å².